The lowest BCUT2D eigenvalue weighted by molar-refractivity contribution is -0.139. The van der Waals surface area contributed by atoms with Gasteiger partial charge in [-0.1, -0.05) is 26.0 Å². The van der Waals surface area contributed by atoms with E-state index in [0.717, 1.165) is 16.9 Å². The van der Waals surface area contributed by atoms with Crippen LogP contribution in [0.1, 0.15) is 44.7 Å². The van der Waals surface area contributed by atoms with Crippen molar-refractivity contribution >= 4 is 12.0 Å². The molecule has 1 saturated heterocycles. The van der Waals surface area contributed by atoms with E-state index in [0.29, 0.717) is 38.7 Å². The van der Waals surface area contributed by atoms with E-state index >= 15 is 0 Å². The molecule has 1 aromatic rings. The Labute approximate surface area is 156 Å². The summed E-state index contributed by atoms with van der Waals surface area (Å²) in [6.45, 7) is 12.1. The Kier molecular flexibility index (Phi) is 6.89. The predicted octanol–water partition coefficient (Wildman–Crippen LogP) is 3.19. The number of rotatable bonds is 5. The number of hydrogen-bond donors (Lipinski definition) is 0. The zero-order valence-electron chi connectivity index (χ0n) is 16.4. The van der Waals surface area contributed by atoms with E-state index in [2.05, 4.69) is 26.0 Å². The molecule has 1 aliphatic rings. The second-order valence-corrected chi connectivity index (χ2v) is 6.97. The molecule has 0 aromatic heterocycles. The van der Waals surface area contributed by atoms with Gasteiger partial charge in [0.15, 0.2) is 6.10 Å². The molecule has 144 valence electrons. The van der Waals surface area contributed by atoms with Crippen LogP contribution in [0.3, 0.4) is 0 Å². The van der Waals surface area contributed by atoms with Crippen molar-refractivity contribution in [1.29, 1.82) is 0 Å². The Hall–Kier alpha value is -2.24. The molecule has 6 nitrogen and oxygen atoms in total. The van der Waals surface area contributed by atoms with Gasteiger partial charge in [-0.25, -0.2) is 4.79 Å². The third-order valence-electron chi connectivity index (χ3n) is 4.56. The first-order valence-electron chi connectivity index (χ1n) is 9.31. The van der Waals surface area contributed by atoms with E-state index in [1.807, 2.05) is 13.0 Å². The maximum Gasteiger partial charge on any atom is 0.409 e. The van der Waals surface area contributed by atoms with Crippen LogP contribution in [0.2, 0.25) is 0 Å². The molecule has 1 unspecified atom stereocenters. The van der Waals surface area contributed by atoms with Crippen LogP contribution < -0.4 is 4.74 Å². The summed E-state index contributed by atoms with van der Waals surface area (Å²) >= 11 is 0. The standard InChI is InChI=1S/C20H30N2O4/c1-6-25-20(24)22-11-9-21(10-12-22)19(23)16(5)26-18-13-15(4)7-8-17(18)14(2)3/h7-8,13-14,16H,6,9-12H2,1-5H3. The van der Waals surface area contributed by atoms with Crippen LogP contribution in [0.5, 0.6) is 5.75 Å². The zero-order chi connectivity index (χ0) is 19.3. The van der Waals surface area contributed by atoms with E-state index in [1.54, 1.807) is 23.6 Å². The summed E-state index contributed by atoms with van der Waals surface area (Å²) in [7, 11) is 0. The second-order valence-electron chi connectivity index (χ2n) is 6.97. The van der Waals surface area contributed by atoms with Gasteiger partial charge in [-0.3, -0.25) is 4.79 Å². The molecule has 26 heavy (non-hydrogen) atoms. The summed E-state index contributed by atoms with van der Waals surface area (Å²) in [4.78, 5) is 27.9. The molecule has 0 saturated carbocycles. The smallest absolute Gasteiger partial charge is 0.409 e. The minimum Gasteiger partial charge on any atom is -0.481 e. The topological polar surface area (TPSA) is 59.1 Å². The van der Waals surface area contributed by atoms with Gasteiger partial charge in [0.05, 0.1) is 6.61 Å². The molecule has 2 amide bonds. The third kappa shape index (κ3) is 4.90. The molecule has 0 bridgehead atoms. The largest absolute Gasteiger partial charge is 0.481 e. The van der Waals surface area contributed by atoms with E-state index < -0.39 is 6.10 Å². The molecule has 1 aliphatic heterocycles. The lowest BCUT2D eigenvalue weighted by Gasteiger charge is -2.35. The van der Waals surface area contributed by atoms with Crippen LogP contribution in [0.4, 0.5) is 4.79 Å². The highest BCUT2D eigenvalue weighted by molar-refractivity contribution is 5.81. The summed E-state index contributed by atoms with van der Waals surface area (Å²) in [6, 6.07) is 6.10. The molecule has 2 rings (SSSR count). The van der Waals surface area contributed by atoms with Crippen LogP contribution >= 0.6 is 0 Å². The van der Waals surface area contributed by atoms with Crippen LogP contribution in [-0.4, -0.2) is 60.7 Å². The number of aryl methyl sites for hydroxylation is 1. The van der Waals surface area contributed by atoms with Crippen molar-refractivity contribution in [1.82, 2.24) is 9.80 Å². The van der Waals surface area contributed by atoms with Crippen LogP contribution in [0, 0.1) is 6.92 Å². The van der Waals surface area contributed by atoms with Gasteiger partial charge in [-0.2, -0.15) is 0 Å². The highest BCUT2D eigenvalue weighted by Crippen LogP contribution is 2.28. The van der Waals surface area contributed by atoms with Crippen molar-refractivity contribution in [3.63, 3.8) is 0 Å². The Morgan fingerprint density at radius 2 is 1.69 bits per heavy atom. The number of benzene rings is 1. The normalized spacial score (nSPS) is 15.8. The van der Waals surface area contributed by atoms with Crippen molar-refractivity contribution in [3.05, 3.63) is 29.3 Å². The first-order valence-corrected chi connectivity index (χ1v) is 9.31. The summed E-state index contributed by atoms with van der Waals surface area (Å²) in [5, 5.41) is 0. The van der Waals surface area contributed by atoms with Gasteiger partial charge < -0.3 is 19.3 Å². The number of hydrogen-bond acceptors (Lipinski definition) is 4. The molecule has 1 aromatic carbocycles. The Bertz CT molecular complexity index is 637. The quantitative estimate of drug-likeness (QED) is 0.807. The highest BCUT2D eigenvalue weighted by Gasteiger charge is 2.28. The Balaban J connectivity index is 1.97. The second kappa shape index (κ2) is 8.92. The third-order valence-corrected chi connectivity index (χ3v) is 4.56. The Morgan fingerprint density at radius 1 is 1.08 bits per heavy atom. The van der Waals surface area contributed by atoms with Crippen LogP contribution in [-0.2, 0) is 9.53 Å². The first kappa shape index (κ1) is 20.1. The van der Waals surface area contributed by atoms with Crippen molar-refractivity contribution in [3.8, 4) is 5.75 Å². The summed E-state index contributed by atoms with van der Waals surface area (Å²) in [5.74, 6) is 1.04. The van der Waals surface area contributed by atoms with Gasteiger partial charge in [0.2, 0.25) is 0 Å². The van der Waals surface area contributed by atoms with Gasteiger partial charge in [0, 0.05) is 26.2 Å². The van der Waals surface area contributed by atoms with E-state index in [-0.39, 0.29) is 12.0 Å². The monoisotopic (exact) mass is 362 g/mol. The summed E-state index contributed by atoms with van der Waals surface area (Å²) in [5.41, 5.74) is 2.20. The molecular weight excluding hydrogens is 332 g/mol. The molecular formula is C20H30N2O4. The molecule has 6 heteroatoms. The predicted molar refractivity (Wildman–Crippen MR) is 101 cm³/mol. The molecule has 0 radical (unpaired) electrons. The molecule has 0 aliphatic carbocycles. The first-order chi connectivity index (χ1) is 12.3. The van der Waals surface area contributed by atoms with Crippen LogP contribution in [0.25, 0.3) is 0 Å². The van der Waals surface area contributed by atoms with Gasteiger partial charge in [0.1, 0.15) is 5.75 Å². The summed E-state index contributed by atoms with van der Waals surface area (Å²) < 4.78 is 11.0. The minimum atomic E-state index is -0.566. The highest BCUT2D eigenvalue weighted by atomic mass is 16.6. The maximum atomic E-state index is 12.7. The summed E-state index contributed by atoms with van der Waals surface area (Å²) in [6.07, 6.45) is -0.881. The molecule has 0 N–H and O–H groups in total. The molecule has 1 atom stereocenters. The van der Waals surface area contributed by atoms with E-state index in [4.69, 9.17) is 9.47 Å². The van der Waals surface area contributed by atoms with Crippen molar-refractivity contribution < 1.29 is 19.1 Å². The van der Waals surface area contributed by atoms with Crippen molar-refractivity contribution in [2.24, 2.45) is 0 Å². The maximum absolute atomic E-state index is 12.7. The number of piperazine rings is 1. The lowest BCUT2D eigenvalue weighted by Crippen LogP contribution is -2.53. The molecule has 0 spiro atoms. The number of amides is 2. The van der Waals surface area contributed by atoms with Crippen molar-refractivity contribution in [2.75, 3.05) is 32.8 Å². The minimum absolute atomic E-state index is 0.0512. The number of carbonyl (C=O) groups is 2. The van der Waals surface area contributed by atoms with Gasteiger partial charge in [0.25, 0.3) is 5.91 Å². The SMILES string of the molecule is CCOC(=O)N1CCN(C(=O)C(C)Oc2cc(C)ccc2C(C)C)CC1. The van der Waals surface area contributed by atoms with E-state index in [9.17, 15) is 9.59 Å². The average molecular weight is 362 g/mol. The molecule has 1 heterocycles. The number of ether oxygens (including phenoxy) is 2. The van der Waals surface area contributed by atoms with E-state index in [1.165, 1.54) is 0 Å². The fraction of sp³-hybridized carbons (Fsp3) is 0.600. The van der Waals surface area contributed by atoms with Gasteiger partial charge in [-0.05, 0) is 43.9 Å². The van der Waals surface area contributed by atoms with Gasteiger partial charge >= 0.3 is 6.09 Å². The lowest BCUT2D eigenvalue weighted by atomic mass is 10.0. The molecule has 1 fully saturated rings. The number of carbonyl (C=O) groups excluding carboxylic acids is 2. The zero-order valence-corrected chi connectivity index (χ0v) is 16.4. The van der Waals surface area contributed by atoms with Crippen molar-refractivity contribution in [2.45, 2.75) is 46.6 Å². The Morgan fingerprint density at radius 3 is 2.27 bits per heavy atom. The number of nitrogens with zero attached hydrogens (tertiary/aromatic N) is 2. The van der Waals surface area contributed by atoms with Crippen LogP contribution in [0.15, 0.2) is 18.2 Å². The van der Waals surface area contributed by atoms with Gasteiger partial charge in [-0.15, -0.1) is 0 Å². The fourth-order valence-electron chi connectivity index (χ4n) is 3.04. The fourth-order valence-corrected chi connectivity index (χ4v) is 3.04. The average Bonchev–Trinajstić information content (AvgIpc) is 2.61.